The Morgan fingerprint density at radius 3 is 2.19 bits per heavy atom. The second kappa shape index (κ2) is 8.70. The molecule has 0 bridgehead atoms. The highest BCUT2D eigenvalue weighted by molar-refractivity contribution is 5.86. The molecule has 0 spiro atoms. The van der Waals surface area contributed by atoms with E-state index in [1.807, 2.05) is 0 Å². The van der Waals surface area contributed by atoms with Gasteiger partial charge in [0.1, 0.15) is 6.54 Å². The number of aliphatic carboxylic acids is 1. The van der Waals surface area contributed by atoms with Gasteiger partial charge in [-0.15, -0.1) is 0 Å². The number of hydrogen-bond acceptors (Lipinski definition) is 3. The van der Waals surface area contributed by atoms with Crippen LogP contribution in [0.3, 0.4) is 0 Å². The van der Waals surface area contributed by atoms with Crippen molar-refractivity contribution in [2.45, 2.75) is 119 Å². The molecule has 5 aliphatic carbocycles. The van der Waals surface area contributed by atoms with Crippen molar-refractivity contribution in [3.8, 4) is 0 Å². The Hall–Kier alpha value is -1.10. The molecule has 0 unspecified atom stereocenters. The van der Waals surface area contributed by atoms with Crippen LogP contribution in [0, 0.1) is 62.6 Å². The van der Waals surface area contributed by atoms with Gasteiger partial charge in [-0.2, -0.15) is 0 Å². The molecule has 5 nitrogen and oxygen atoms in total. The molecule has 210 valence electrons. The van der Waals surface area contributed by atoms with Gasteiger partial charge >= 0.3 is 5.97 Å². The summed E-state index contributed by atoms with van der Waals surface area (Å²) in [6.07, 6.45) is 10.6. The quantitative estimate of drug-likeness (QED) is 0.411. The fraction of sp³-hybridized carbons (Fsp3) is 0.938. The fourth-order valence-electron chi connectivity index (χ4n) is 12.1. The largest absolute Gasteiger partial charge is 0.480 e. The maximum Gasteiger partial charge on any atom is 0.322 e. The number of amides is 1. The van der Waals surface area contributed by atoms with E-state index in [0.29, 0.717) is 35.5 Å². The molecule has 5 aliphatic rings. The minimum absolute atomic E-state index is 0.0102. The normalized spacial score (nSPS) is 50.4. The lowest BCUT2D eigenvalue weighted by Crippen LogP contribution is -2.67. The van der Waals surface area contributed by atoms with Crippen molar-refractivity contribution in [3.63, 3.8) is 0 Å². The van der Waals surface area contributed by atoms with E-state index in [1.54, 1.807) is 0 Å². The number of nitrogens with one attached hydrogen (secondary N) is 1. The zero-order chi connectivity index (χ0) is 27.2. The topological polar surface area (TPSA) is 86.6 Å². The molecule has 3 N–H and O–H groups in total. The van der Waals surface area contributed by atoms with Gasteiger partial charge in [-0.05, 0) is 121 Å². The van der Waals surface area contributed by atoms with E-state index >= 15 is 0 Å². The van der Waals surface area contributed by atoms with Crippen molar-refractivity contribution >= 4 is 11.9 Å². The van der Waals surface area contributed by atoms with Crippen LogP contribution in [0.2, 0.25) is 0 Å². The molecule has 10 atom stereocenters. The lowest BCUT2D eigenvalue weighted by Gasteiger charge is -2.72. The van der Waals surface area contributed by atoms with E-state index in [4.69, 9.17) is 0 Å². The lowest BCUT2D eigenvalue weighted by atomic mass is 9.32. The third kappa shape index (κ3) is 3.57. The second-order valence-electron chi connectivity index (χ2n) is 15.7. The first kappa shape index (κ1) is 27.5. The number of carboxylic acid groups (broad SMARTS) is 1. The summed E-state index contributed by atoms with van der Waals surface area (Å²) in [6, 6.07) is 0. The summed E-state index contributed by atoms with van der Waals surface area (Å²) >= 11 is 0. The Morgan fingerprint density at radius 2 is 1.54 bits per heavy atom. The minimum atomic E-state index is -0.959. The fourth-order valence-corrected chi connectivity index (χ4v) is 12.1. The summed E-state index contributed by atoms with van der Waals surface area (Å²) in [7, 11) is 0. The molecule has 0 radical (unpaired) electrons. The predicted molar refractivity (Wildman–Crippen MR) is 146 cm³/mol. The van der Waals surface area contributed by atoms with Crippen LogP contribution < -0.4 is 5.32 Å². The molecular formula is C32H53NO4. The zero-order valence-corrected chi connectivity index (χ0v) is 24.5. The van der Waals surface area contributed by atoms with E-state index in [2.05, 4.69) is 53.8 Å². The molecular weight excluding hydrogens is 462 g/mol. The summed E-state index contributed by atoms with van der Waals surface area (Å²) in [4.78, 5) is 25.1. The lowest BCUT2D eigenvalue weighted by molar-refractivity contribution is -0.248. The molecule has 37 heavy (non-hydrogen) atoms. The third-order valence-corrected chi connectivity index (χ3v) is 14.2. The van der Waals surface area contributed by atoms with Gasteiger partial charge in [0.25, 0.3) is 0 Å². The standard InChI is InChI=1S/C32H53NO4/c1-19(2)20-10-15-32(27(37)33-18-25(35)36)17-16-30(6)21(26(20)32)8-9-23-29(5)13-12-24(34)28(3,4)22(29)11-14-31(23,30)7/h19-24,26,34H,8-18H2,1-7H3,(H,33,37)(H,35,36)/t20-,21+,22-,23+,24+,26+,29-,30+,31+,32-/m0/s1. The third-order valence-electron chi connectivity index (χ3n) is 14.2. The maximum atomic E-state index is 13.8. The molecule has 0 aromatic carbocycles. The molecule has 0 aromatic rings. The Balaban J connectivity index is 1.52. The Morgan fingerprint density at radius 1 is 0.838 bits per heavy atom. The summed E-state index contributed by atoms with van der Waals surface area (Å²) in [5.41, 5.74) is 0.223. The molecule has 0 saturated heterocycles. The van der Waals surface area contributed by atoms with E-state index in [9.17, 15) is 19.8 Å². The molecule has 0 heterocycles. The number of carboxylic acids is 1. The Bertz CT molecular complexity index is 945. The molecule has 5 fully saturated rings. The second-order valence-corrected chi connectivity index (χ2v) is 15.7. The van der Waals surface area contributed by atoms with Crippen LogP contribution in [-0.2, 0) is 9.59 Å². The van der Waals surface area contributed by atoms with Crippen molar-refractivity contribution in [1.82, 2.24) is 5.32 Å². The predicted octanol–water partition coefficient (Wildman–Crippen LogP) is 6.29. The van der Waals surface area contributed by atoms with Crippen LogP contribution in [0.4, 0.5) is 0 Å². The average Bonchev–Trinajstić information content (AvgIpc) is 3.22. The molecule has 5 rings (SSSR count). The highest BCUT2D eigenvalue weighted by Crippen LogP contribution is 2.77. The minimum Gasteiger partial charge on any atom is -0.480 e. The number of aliphatic hydroxyl groups is 1. The summed E-state index contributed by atoms with van der Waals surface area (Å²) in [6.45, 7) is 16.8. The van der Waals surface area contributed by atoms with E-state index in [0.717, 1.165) is 38.5 Å². The Kier molecular flexibility index (Phi) is 6.46. The number of fused-ring (bicyclic) bond motifs is 7. The van der Waals surface area contributed by atoms with Gasteiger partial charge in [0, 0.05) is 0 Å². The first-order valence-electron chi connectivity index (χ1n) is 15.3. The van der Waals surface area contributed by atoms with Crippen LogP contribution in [-0.4, -0.2) is 34.7 Å². The Labute approximate surface area is 224 Å². The number of carbonyl (C=O) groups excluding carboxylic acids is 1. The zero-order valence-electron chi connectivity index (χ0n) is 24.5. The first-order chi connectivity index (χ1) is 17.1. The van der Waals surface area contributed by atoms with Gasteiger partial charge in [-0.25, -0.2) is 0 Å². The molecule has 5 saturated carbocycles. The number of hydrogen-bond donors (Lipinski definition) is 3. The van der Waals surface area contributed by atoms with Crippen molar-refractivity contribution in [3.05, 3.63) is 0 Å². The van der Waals surface area contributed by atoms with Gasteiger partial charge in [-0.3, -0.25) is 9.59 Å². The van der Waals surface area contributed by atoms with Crippen molar-refractivity contribution < 1.29 is 19.8 Å². The van der Waals surface area contributed by atoms with Crippen LogP contribution in [0.15, 0.2) is 0 Å². The summed E-state index contributed by atoms with van der Waals surface area (Å²) in [5.74, 6) is 2.16. The maximum absolute atomic E-state index is 13.8. The van der Waals surface area contributed by atoms with Gasteiger partial charge in [0.05, 0.1) is 11.5 Å². The van der Waals surface area contributed by atoms with Crippen LogP contribution in [0.1, 0.15) is 113 Å². The van der Waals surface area contributed by atoms with E-state index in [-0.39, 0.29) is 40.2 Å². The van der Waals surface area contributed by atoms with Crippen molar-refractivity contribution in [1.29, 1.82) is 0 Å². The van der Waals surface area contributed by atoms with Gasteiger partial charge in [0.15, 0.2) is 0 Å². The van der Waals surface area contributed by atoms with Crippen LogP contribution >= 0.6 is 0 Å². The molecule has 0 aliphatic heterocycles. The number of carbonyl (C=O) groups is 2. The average molecular weight is 516 g/mol. The van der Waals surface area contributed by atoms with Gasteiger partial charge < -0.3 is 15.5 Å². The highest BCUT2D eigenvalue weighted by atomic mass is 16.4. The molecule has 1 amide bonds. The van der Waals surface area contributed by atoms with E-state index in [1.165, 1.54) is 25.7 Å². The molecule has 5 heteroatoms. The van der Waals surface area contributed by atoms with E-state index < -0.39 is 11.4 Å². The van der Waals surface area contributed by atoms with Crippen LogP contribution in [0.25, 0.3) is 0 Å². The smallest absolute Gasteiger partial charge is 0.322 e. The molecule has 0 aromatic heterocycles. The number of aliphatic hydroxyl groups excluding tert-OH is 1. The highest BCUT2D eigenvalue weighted by Gasteiger charge is 2.71. The van der Waals surface area contributed by atoms with Gasteiger partial charge in [0.2, 0.25) is 5.91 Å². The van der Waals surface area contributed by atoms with Crippen molar-refractivity contribution in [2.75, 3.05) is 6.54 Å². The summed E-state index contributed by atoms with van der Waals surface area (Å²) < 4.78 is 0. The SMILES string of the molecule is CC(C)[C@@H]1CC[C@]2(C(=O)NCC(=O)O)CC[C@]3(C)[C@H](CC[C@@H]4[C@@]5(C)CC[C@@H](O)C(C)(C)[C@@H]5CC[C@]43C)[C@@H]12. The monoisotopic (exact) mass is 515 g/mol. The van der Waals surface area contributed by atoms with Gasteiger partial charge in [-0.1, -0.05) is 48.5 Å². The first-order valence-corrected chi connectivity index (χ1v) is 15.3. The van der Waals surface area contributed by atoms with Crippen LogP contribution in [0.5, 0.6) is 0 Å². The summed E-state index contributed by atoms with van der Waals surface area (Å²) in [5, 5.41) is 23.1. The van der Waals surface area contributed by atoms with Crippen molar-refractivity contribution in [2.24, 2.45) is 62.6 Å². The number of rotatable bonds is 4.